The van der Waals surface area contributed by atoms with Gasteiger partial charge in [0.1, 0.15) is 17.4 Å². The second-order valence-corrected chi connectivity index (χ2v) is 5.42. The van der Waals surface area contributed by atoms with Gasteiger partial charge >= 0.3 is 12.1 Å². The van der Waals surface area contributed by atoms with Gasteiger partial charge in [0.15, 0.2) is 0 Å². The summed E-state index contributed by atoms with van der Waals surface area (Å²) in [5, 5.41) is 0. The van der Waals surface area contributed by atoms with Crippen molar-refractivity contribution in [1.29, 1.82) is 0 Å². The first-order chi connectivity index (χ1) is 10.2. The van der Waals surface area contributed by atoms with Crippen LogP contribution in [0, 0.1) is 0 Å². The maximum atomic E-state index is 12.7. The SMILES string of the molecule is [2H][C@@H](C(=O)OC(C)(C)C)[C@@]([2H])(C)Oc1cccc(C(F)(F)F)c1. The average Bonchev–Trinajstić information content (AvgIpc) is 2.34. The predicted octanol–water partition coefficient (Wildman–Crippen LogP) is 4.20. The summed E-state index contributed by atoms with van der Waals surface area (Å²) in [5.41, 5.74) is -1.78. The molecule has 0 aliphatic carbocycles. The molecular weight excluding hydrogens is 285 g/mol. The van der Waals surface area contributed by atoms with Gasteiger partial charge < -0.3 is 9.47 Å². The van der Waals surface area contributed by atoms with Gasteiger partial charge in [-0.3, -0.25) is 4.79 Å². The normalized spacial score (nSPS) is 18.0. The second-order valence-electron chi connectivity index (χ2n) is 5.42. The van der Waals surface area contributed by atoms with Crippen LogP contribution in [0.5, 0.6) is 5.75 Å². The van der Waals surface area contributed by atoms with Crippen LogP contribution >= 0.6 is 0 Å². The molecule has 0 aliphatic heterocycles. The lowest BCUT2D eigenvalue weighted by molar-refractivity contribution is -0.156. The Bertz CT molecular complexity index is 566. The highest BCUT2D eigenvalue weighted by Crippen LogP contribution is 2.31. The molecule has 6 heteroatoms. The Balaban J connectivity index is 2.92. The number of hydrogen-bond donors (Lipinski definition) is 0. The van der Waals surface area contributed by atoms with Gasteiger partial charge in [-0.1, -0.05) is 6.07 Å². The van der Waals surface area contributed by atoms with Crippen molar-refractivity contribution < 1.29 is 30.2 Å². The fraction of sp³-hybridized carbons (Fsp3) is 0.533. The standard InChI is InChI=1S/C15H19F3O3/c1-10(8-13(19)21-14(2,3)4)20-12-7-5-6-11(9-12)15(16,17)18/h5-7,9-10H,8H2,1-4H3/t10-/m1/s1/i8D,10D/t8-,10-. The number of carbonyl (C=O) groups is 1. The maximum Gasteiger partial charge on any atom is 0.416 e. The fourth-order valence-corrected chi connectivity index (χ4v) is 1.45. The van der Waals surface area contributed by atoms with Crippen LogP contribution in [0.2, 0.25) is 0 Å². The number of halogens is 3. The number of esters is 1. The third-order valence-electron chi connectivity index (χ3n) is 2.17. The minimum Gasteiger partial charge on any atom is -0.490 e. The molecule has 0 radical (unpaired) electrons. The lowest BCUT2D eigenvalue weighted by atomic mass is 10.2. The molecule has 0 saturated heterocycles. The third-order valence-corrected chi connectivity index (χ3v) is 2.17. The van der Waals surface area contributed by atoms with Crippen LogP contribution in [-0.2, 0) is 15.7 Å². The molecule has 118 valence electrons. The van der Waals surface area contributed by atoms with Crippen molar-refractivity contribution >= 4 is 5.97 Å². The molecule has 0 spiro atoms. The summed E-state index contributed by atoms with van der Waals surface area (Å²) < 4.78 is 63.8. The average molecular weight is 306 g/mol. The summed E-state index contributed by atoms with van der Waals surface area (Å²) >= 11 is 0. The summed E-state index contributed by atoms with van der Waals surface area (Å²) in [6.45, 7) is 5.93. The predicted molar refractivity (Wildman–Crippen MR) is 72.0 cm³/mol. The van der Waals surface area contributed by atoms with Gasteiger partial charge in [0.25, 0.3) is 0 Å². The molecule has 0 heterocycles. The molecule has 0 saturated carbocycles. The van der Waals surface area contributed by atoms with Crippen molar-refractivity contribution in [2.45, 2.75) is 51.9 Å². The Hall–Kier alpha value is -1.72. The summed E-state index contributed by atoms with van der Waals surface area (Å²) in [5.74, 6) is -1.24. The minimum atomic E-state index is -4.55. The fourth-order valence-electron chi connectivity index (χ4n) is 1.45. The van der Waals surface area contributed by atoms with Gasteiger partial charge in [0, 0.05) is 1.37 Å². The monoisotopic (exact) mass is 306 g/mol. The Morgan fingerprint density at radius 2 is 2.00 bits per heavy atom. The summed E-state index contributed by atoms with van der Waals surface area (Å²) in [7, 11) is 0. The lowest BCUT2D eigenvalue weighted by Crippen LogP contribution is -2.27. The zero-order valence-electron chi connectivity index (χ0n) is 14.2. The van der Waals surface area contributed by atoms with Gasteiger partial charge in [-0.15, -0.1) is 0 Å². The third kappa shape index (κ3) is 6.51. The number of benzene rings is 1. The zero-order valence-corrected chi connectivity index (χ0v) is 12.2. The topological polar surface area (TPSA) is 35.5 Å². The van der Waals surface area contributed by atoms with Crippen LogP contribution in [0.3, 0.4) is 0 Å². The number of ether oxygens (including phenoxy) is 2. The van der Waals surface area contributed by atoms with E-state index < -0.39 is 35.8 Å². The number of hydrogen-bond acceptors (Lipinski definition) is 3. The van der Waals surface area contributed by atoms with Gasteiger partial charge in [-0.2, -0.15) is 13.2 Å². The molecule has 1 rings (SSSR count). The molecule has 0 fully saturated rings. The first-order valence-corrected chi connectivity index (χ1v) is 6.24. The van der Waals surface area contributed by atoms with Crippen molar-refractivity contribution in [1.82, 2.24) is 0 Å². The molecule has 0 aromatic heterocycles. The molecule has 0 amide bonds. The summed E-state index contributed by atoms with van der Waals surface area (Å²) in [6.07, 6.45) is -8.40. The van der Waals surface area contributed by atoms with Crippen LogP contribution < -0.4 is 4.74 Å². The van der Waals surface area contributed by atoms with E-state index in [0.717, 1.165) is 19.1 Å². The van der Waals surface area contributed by atoms with Crippen molar-refractivity contribution in [2.24, 2.45) is 0 Å². The molecule has 1 aromatic rings. The highest BCUT2D eigenvalue weighted by atomic mass is 19.4. The van der Waals surface area contributed by atoms with Gasteiger partial charge in [0.2, 0.25) is 0 Å². The number of carbonyl (C=O) groups excluding carboxylic acids is 1. The van der Waals surface area contributed by atoms with E-state index in [-0.39, 0.29) is 5.75 Å². The summed E-state index contributed by atoms with van der Waals surface area (Å²) in [4.78, 5) is 11.8. The lowest BCUT2D eigenvalue weighted by Gasteiger charge is -2.21. The molecule has 2 atom stereocenters. The van der Waals surface area contributed by atoms with E-state index in [4.69, 9.17) is 12.2 Å². The van der Waals surface area contributed by atoms with E-state index in [0.29, 0.717) is 6.07 Å². The highest BCUT2D eigenvalue weighted by Gasteiger charge is 2.30. The Morgan fingerprint density at radius 3 is 2.52 bits per heavy atom. The van der Waals surface area contributed by atoms with Crippen molar-refractivity contribution in [2.75, 3.05) is 0 Å². The Labute approximate surface area is 124 Å². The van der Waals surface area contributed by atoms with Crippen molar-refractivity contribution in [3.05, 3.63) is 29.8 Å². The number of alkyl halides is 3. The van der Waals surface area contributed by atoms with E-state index in [1.807, 2.05) is 0 Å². The first kappa shape index (κ1) is 14.2. The van der Waals surface area contributed by atoms with Gasteiger partial charge in [-0.25, -0.2) is 0 Å². The van der Waals surface area contributed by atoms with E-state index in [1.54, 1.807) is 20.8 Å². The number of rotatable bonds is 4. The molecule has 21 heavy (non-hydrogen) atoms. The molecule has 0 aliphatic rings. The molecule has 0 bridgehead atoms. The van der Waals surface area contributed by atoms with Crippen LogP contribution in [0.1, 0.15) is 42.4 Å². The summed E-state index contributed by atoms with van der Waals surface area (Å²) in [6, 6.07) is 3.93. The first-order valence-electron chi connectivity index (χ1n) is 7.31. The van der Waals surface area contributed by atoms with Crippen LogP contribution in [0.25, 0.3) is 0 Å². The molecular formula is C15H19F3O3. The molecule has 0 N–H and O–H groups in total. The van der Waals surface area contributed by atoms with E-state index in [2.05, 4.69) is 0 Å². The van der Waals surface area contributed by atoms with Crippen LogP contribution in [-0.4, -0.2) is 17.7 Å². The minimum absolute atomic E-state index is 0.252. The molecule has 0 unspecified atom stereocenters. The highest BCUT2D eigenvalue weighted by molar-refractivity contribution is 5.70. The van der Waals surface area contributed by atoms with E-state index >= 15 is 0 Å². The van der Waals surface area contributed by atoms with Crippen LogP contribution in [0.4, 0.5) is 13.2 Å². The Kier molecular flexibility index (Phi) is 4.31. The van der Waals surface area contributed by atoms with E-state index in [1.165, 1.54) is 6.07 Å². The molecule has 3 nitrogen and oxygen atoms in total. The van der Waals surface area contributed by atoms with Crippen molar-refractivity contribution in [3.63, 3.8) is 0 Å². The Morgan fingerprint density at radius 1 is 1.38 bits per heavy atom. The molecule has 1 aromatic carbocycles. The van der Waals surface area contributed by atoms with Gasteiger partial charge in [-0.05, 0) is 45.9 Å². The maximum absolute atomic E-state index is 12.7. The van der Waals surface area contributed by atoms with Gasteiger partial charge in [0.05, 0.1) is 13.3 Å². The van der Waals surface area contributed by atoms with E-state index in [9.17, 15) is 18.0 Å². The van der Waals surface area contributed by atoms with Crippen molar-refractivity contribution in [3.8, 4) is 5.75 Å². The quantitative estimate of drug-likeness (QED) is 0.782. The smallest absolute Gasteiger partial charge is 0.416 e. The van der Waals surface area contributed by atoms with Crippen LogP contribution in [0.15, 0.2) is 24.3 Å². The zero-order chi connectivity index (χ0) is 18.1. The largest absolute Gasteiger partial charge is 0.490 e. The second kappa shape index (κ2) is 6.37.